The number of amides is 2. The lowest BCUT2D eigenvalue weighted by molar-refractivity contribution is -0.141. The molecule has 0 radical (unpaired) electrons. The Morgan fingerprint density at radius 3 is 2.74 bits per heavy atom. The van der Waals surface area contributed by atoms with Crippen molar-refractivity contribution in [3.63, 3.8) is 0 Å². The lowest BCUT2D eigenvalue weighted by atomic mass is 9.78. The first-order chi connectivity index (χ1) is 13.0. The van der Waals surface area contributed by atoms with Crippen molar-refractivity contribution in [2.75, 3.05) is 19.6 Å². The summed E-state index contributed by atoms with van der Waals surface area (Å²) < 4.78 is 13.4. The first-order valence-electron chi connectivity index (χ1n) is 9.28. The minimum absolute atomic E-state index is 0.109. The maximum Gasteiger partial charge on any atom is 0.255 e. The summed E-state index contributed by atoms with van der Waals surface area (Å²) in [5.41, 5.74) is 1.77. The van der Waals surface area contributed by atoms with Crippen LogP contribution in [0, 0.1) is 5.82 Å². The molecular formula is C19H22FN5O2. The van der Waals surface area contributed by atoms with Crippen molar-refractivity contribution in [3.8, 4) is 0 Å². The van der Waals surface area contributed by atoms with Crippen LogP contribution >= 0.6 is 0 Å². The topological polar surface area (TPSA) is 82.2 Å². The normalized spacial score (nSPS) is 18.4. The van der Waals surface area contributed by atoms with E-state index in [1.165, 1.54) is 12.3 Å². The Kier molecular flexibility index (Phi) is 4.41. The van der Waals surface area contributed by atoms with Gasteiger partial charge in [-0.05, 0) is 18.9 Å². The van der Waals surface area contributed by atoms with E-state index in [0.717, 1.165) is 24.0 Å². The molecule has 2 aromatic heterocycles. The van der Waals surface area contributed by atoms with Crippen molar-refractivity contribution in [3.05, 3.63) is 47.6 Å². The van der Waals surface area contributed by atoms with Gasteiger partial charge >= 0.3 is 0 Å². The molecule has 27 heavy (non-hydrogen) atoms. The predicted molar refractivity (Wildman–Crippen MR) is 95.3 cm³/mol. The summed E-state index contributed by atoms with van der Waals surface area (Å²) >= 11 is 0. The van der Waals surface area contributed by atoms with Gasteiger partial charge in [-0.25, -0.2) is 9.37 Å². The number of likely N-dealkylation sites (tertiary alicyclic amines) is 1. The van der Waals surface area contributed by atoms with E-state index in [9.17, 15) is 14.0 Å². The van der Waals surface area contributed by atoms with Crippen LogP contribution in [-0.2, 0) is 16.8 Å². The van der Waals surface area contributed by atoms with Gasteiger partial charge in [0, 0.05) is 44.4 Å². The SMILES string of the molecule is CCC(=O)N1CCc2[nH]cnc2C12CCN(C(=O)c1cncc(F)c1)CC2. The highest BCUT2D eigenvalue weighted by molar-refractivity contribution is 5.94. The zero-order valence-electron chi connectivity index (χ0n) is 15.2. The molecule has 2 aromatic rings. The molecular weight excluding hydrogens is 349 g/mol. The van der Waals surface area contributed by atoms with Gasteiger partial charge in [0.15, 0.2) is 0 Å². The van der Waals surface area contributed by atoms with Gasteiger partial charge in [0.25, 0.3) is 5.91 Å². The molecule has 1 spiro atoms. The average Bonchev–Trinajstić information content (AvgIpc) is 3.18. The Morgan fingerprint density at radius 1 is 1.26 bits per heavy atom. The number of nitrogens with zero attached hydrogens (tertiary/aromatic N) is 4. The minimum atomic E-state index is -0.525. The van der Waals surface area contributed by atoms with Gasteiger partial charge in [0.05, 0.1) is 29.3 Å². The number of nitrogens with one attached hydrogen (secondary N) is 1. The number of carbonyl (C=O) groups is 2. The fraction of sp³-hybridized carbons (Fsp3) is 0.474. The van der Waals surface area contributed by atoms with Gasteiger partial charge in [-0.3, -0.25) is 14.6 Å². The number of carbonyl (C=O) groups excluding carboxylic acids is 2. The molecule has 2 amide bonds. The summed E-state index contributed by atoms with van der Waals surface area (Å²) in [5, 5.41) is 0. The highest BCUT2D eigenvalue weighted by Crippen LogP contribution is 2.42. The van der Waals surface area contributed by atoms with Gasteiger partial charge in [-0.1, -0.05) is 6.92 Å². The second-order valence-electron chi connectivity index (χ2n) is 7.09. The van der Waals surface area contributed by atoms with Crippen LogP contribution < -0.4 is 0 Å². The summed E-state index contributed by atoms with van der Waals surface area (Å²) in [6, 6.07) is 1.21. The van der Waals surface area contributed by atoms with E-state index in [-0.39, 0.29) is 17.4 Å². The molecule has 1 N–H and O–H groups in total. The molecule has 1 fully saturated rings. The Morgan fingerprint density at radius 2 is 2.04 bits per heavy atom. The molecule has 7 nitrogen and oxygen atoms in total. The van der Waals surface area contributed by atoms with Crippen molar-refractivity contribution in [2.45, 2.75) is 38.1 Å². The van der Waals surface area contributed by atoms with Crippen molar-refractivity contribution < 1.29 is 14.0 Å². The van der Waals surface area contributed by atoms with Crippen LogP contribution in [0.2, 0.25) is 0 Å². The van der Waals surface area contributed by atoms with E-state index in [1.54, 1.807) is 11.2 Å². The van der Waals surface area contributed by atoms with Crippen LogP contribution in [0.1, 0.15) is 47.9 Å². The van der Waals surface area contributed by atoms with E-state index in [1.807, 2.05) is 11.8 Å². The number of hydrogen-bond acceptors (Lipinski definition) is 4. The van der Waals surface area contributed by atoms with Gasteiger partial charge in [-0.2, -0.15) is 0 Å². The number of aromatic nitrogens is 3. The number of halogens is 1. The summed E-state index contributed by atoms with van der Waals surface area (Å²) in [6.07, 6.45) is 6.59. The van der Waals surface area contributed by atoms with E-state index in [0.29, 0.717) is 38.9 Å². The second kappa shape index (κ2) is 6.75. The van der Waals surface area contributed by atoms with Gasteiger partial charge in [0.1, 0.15) is 5.82 Å². The van der Waals surface area contributed by atoms with Crippen LogP contribution in [0.4, 0.5) is 4.39 Å². The highest BCUT2D eigenvalue weighted by Gasteiger charge is 2.48. The molecule has 142 valence electrons. The number of rotatable bonds is 2. The summed E-state index contributed by atoms with van der Waals surface area (Å²) in [7, 11) is 0. The second-order valence-corrected chi connectivity index (χ2v) is 7.09. The van der Waals surface area contributed by atoms with E-state index >= 15 is 0 Å². The third-order valence-electron chi connectivity index (χ3n) is 5.69. The quantitative estimate of drug-likeness (QED) is 0.874. The van der Waals surface area contributed by atoms with E-state index in [2.05, 4.69) is 15.0 Å². The molecule has 4 heterocycles. The van der Waals surface area contributed by atoms with Gasteiger partial charge < -0.3 is 14.8 Å². The largest absolute Gasteiger partial charge is 0.348 e. The Balaban J connectivity index is 1.59. The third kappa shape index (κ3) is 2.89. The highest BCUT2D eigenvalue weighted by atomic mass is 19.1. The van der Waals surface area contributed by atoms with Crippen LogP contribution in [0.25, 0.3) is 0 Å². The monoisotopic (exact) mass is 371 g/mol. The molecule has 2 aliphatic heterocycles. The molecule has 0 aliphatic carbocycles. The molecule has 0 atom stereocenters. The van der Waals surface area contributed by atoms with Crippen molar-refractivity contribution in [1.82, 2.24) is 24.8 Å². The van der Waals surface area contributed by atoms with Crippen molar-refractivity contribution >= 4 is 11.8 Å². The van der Waals surface area contributed by atoms with Crippen molar-refractivity contribution in [1.29, 1.82) is 0 Å². The maximum atomic E-state index is 13.4. The number of H-pyrrole nitrogens is 1. The number of hydrogen-bond donors (Lipinski definition) is 1. The fourth-order valence-corrected chi connectivity index (χ4v) is 4.33. The zero-order valence-corrected chi connectivity index (χ0v) is 15.2. The standard InChI is InChI=1S/C19H22FN5O2/c1-2-16(26)25-6-3-15-17(23-12-22-15)19(25)4-7-24(8-5-19)18(27)13-9-14(20)11-21-10-13/h9-12H,2-8H2,1H3,(H,22,23). The molecule has 0 bridgehead atoms. The zero-order chi connectivity index (χ0) is 19.0. The summed E-state index contributed by atoms with van der Waals surface area (Å²) in [5.74, 6) is -0.650. The molecule has 0 unspecified atom stereocenters. The Hall–Kier alpha value is -2.77. The first-order valence-corrected chi connectivity index (χ1v) is 9.28. The Bertz CT molecular complexity index is 872. The van der Waals surface area contributed by atoms with Crippen LogP contribution in [-0.4, -0.2) is 56.2 Å². The molecule has 4 rings (SSSR count). The molecule has 8 heteroatoms. The summed E-state index contributed by atoms with van der Waals surface area (Å²) in [6.45, 7) is 3.49. The third-order valence-corrected chi connectivity index (χ3v) is 5.69. The first kappa shape index (κ1) is 17.6. The number of aromatic amines is 1. The van der Waals surface area contributed by atoms with Crippen molar-refractivity contribution in [2.24, 2.45) is 0 Å². The van der Waals surface area contributed by atoms with E-state index < -0.39 is 11.4 Å². The number of fused-ring (bicyclic) bond motifs is 2. The predicted octanol–water partition coefficient (Wildman–Crippen LogP) is 1.87. The lowest BCUT2D eigenvalue weighted by Gasteiger charge is -2.50. The molecule has 2 aliphatic rings. The number of imidazole rings is 1. The van der Waals surface area contributed by atoms with E-state index in [4.69, 9.17) is 0 Å². The fourth-order valence-electron chi connectivity index (χ4n) is 4.33. The number of pyridine rings is 1. The molecule has 0 saturated carbocycles. The summed E-state index contributed by atoms with van der Waals surface area (Å²) in [4.78, 5) is 40.4. The van der Waals surface area contributed by atoms with Crippen LogP contribution in [0.5, 0.6) is 0 Å². The maximum absolute atomic E-state index is 13.4. The molecule has 0 aromatic carbocycles. The van der Waals surface area contributed by atoms with Crippen LogP contribution in [0.3, 0.4) is 0 Å². The minimum Gasteiger partial charge on any atom is -0.348 e. The Labute approximate surface area is 156 Å². The smallest absolute Gasteiger partial charge is 0.255 e. The number of piperidine rings is 1. The van der Waals surface area contributed by atoms with Gasteiger partial charge in [0.2, 0.25) is 5.91 Å². The molecule has 1 saturated heterocycles. The van der Waals surface area contributed by atoms with Gasteiger partial charge in [-0.15, -0.1) is 0 Å². The average molecular weight is 371 g/mol. The lowest BCUT2D eigenvalue weighted by Crippen LogP contribution is -2.58. The van der Waals surface area contributed by atoms with Crippen LogP contribution in [0.15, 0.2) is 24.8 Å².